The van der Waals surface area contributed by atoms with Crippen LogP contribution in [0.3, 0.4) is 0 Å². The molecule has 0 saturated carbocycles. The third-order valence-electron chi connectivity index (χ3n) is 4.48. The number of alkyl halides is 3. The normalized spacial score (nSPS) is 19.9. The van der Waals surface area contributed by atoms with E-state index in [9.17, 15) is 23.1 Å². The van der Waals surface area contributed by atoms with Crippen molar-refractivity contribution in [3.8, 4) is 0 Å². The molecule has 1 amide bonds. The lowest BCUT2D eigenvalue weighted by Gasteiger charge is -2.32. The van der Waals surface area contributed by atoms with E-state index in [0.717, 1.165) is 5.56 Å². The number of halogens is 3. The summed E-state index contributed by atoms with van der Waals surface area (Å²) in [6.07, 6.45) is -5.02. The van der Waals surface area contributed by atoms with Gasteiger partial charge in [-0.1, -0.05) is 60.7 Å². The number of benzene rings is 2. The van der Waals surface area contributed by atoms with Crippen LogP contribution in [0.15, 0.2) is 65.8 Å². The number of hydrazone groups is 1. The molecule has 1 aliphatic rings. The molecule has 1 heterocycles. The van der Waals surface area contributed by atoms with Crippen molar-refractivity contribution in [2.75, 3.05) is 0 Å². The third kappa shape index (κ3) is 4.03. The van der Waals surface area contributed by atoms with E-state index in [1.165, 1.54) is 0 Å². The van der Waals surface area contributed by atoms with Crippen LogP contribution in [0, 0.1) is 0 Å². The van der Waals surface area contributed by atoms with E-state index in [1.54, 1.807) is 30.3 Å². The molecule has 1 N–H and O–H groups in total. The second-order valence-corrected chi connectivity index (χ2v) is 6.45. The van der Waals surface area contributed by atoms with Crippen LogP contribution in [0.5, 0.6) is 0 Å². The lowest BCUT2D eigenvalue weighted by atomic mass is 10.0. The van der Waals surface area contributed by atoms with Gasteiger partial charge in [0.15, 0.2) is 0 Å². The fourth-order valence-electron chi connectivity index (χ4n) is 3.01. The maximum Gasteiger partial charge on any atom is 0.438 e. The van der Waals surface area contributed by atoms with Crippen molar-refractivity contribution in [3.05, 3.63) is 71.8 Å². The number of nitrogens with zero attached hydrogens (tertiary/aromatic N) is 2. The quantitative estimate of drug-likeness (QED) is 0.861. The summed E-state index contributed by atoms with van der Waals surface area (Å²) in [6.45, 7) is 0. The Balaban J connectivity index is 1.76. The molecule has 0 unspecified atom stereocenters. The Morgan fingerprint density at radius 3 is 2.26 bits per heavy atom. The predicted octanol–water partition coefficient (Wildman–Crippen LogP) is 3.90. The Morgan fingerprint density at radius 1 is 1.07 bits per heavy atom. The summed E-state index contributed by atoms with van der Waals surface area (Å²) in [4.78, 5) is 12.4. The van der Waals surface area contributed by atoms with Gasteiger partial charge in [0.1, 0.15) is 0 Å². The summed E-state index contributed by atoms with van der Waals surface area (Å²) in [7, 11) is 0. The minimum absolute atomic E-state index is 0.0341. The van der Waals surface area contributed by atoms with Crippen LogP contribution in [0.4, 0.5) is 13.2 Å². The maximum absolute atomic E-state index is 13.5. The molecule has 0 bridgehead atoms. The van der Waals surface area contributed by atoms with Gasteiger partial charge in [-0.15, -0.1) is 0 Å². The van der Waals surface area contributed by atoms with Gasteiger partial charge >= 0.3 is 6.18 Å². The Hall–Kier alpha value is -2.67. The van der Waals surface area contributed by atoms with Crippen molar-refractivity contribution in [2.24, 2.45) is 5.10 Å². The number of rotatable bonds is 5. The second kappa shape index (κ2) is 7.52. The Morgan fingerprint density at radius 2 is 1.67 bits per heavy atom. The van der Waals surface area contributed by atoms with E-state index in [0.29, 0.717) is 18.4 Å². The highest BCUT2D eigenvalue weighted by Gasteiger charge is 2.63. The van der Waals surface area contributed by atoms with Crippen molar-refractivity contribution in [3.63, 3.8) is 0 Å². The van der Waals surface area contributed by atoms with Crippen LogP contribution in [0.25, 0.3) is 0 Å². The smallest absolute Gasteiger partial charge is 0.362 e. The monoisotopic (exact) mass is 376 g/mol. The molecule has 0 spiro atoms. The van der Waals surface area contributed by atoms with E-state index >= 15 is 0 Å². The number of carbonyl (C=O) groups is 1. The molecule has 3 rings (SSSR count). The average molecular weight is 376 g/mol. The minimum Gasteiger partial charge on any atom is -0.362 e. The number of aryl methyl sites for hydroxylation is 1. The van der Waals surface area contributed by atoms with Gasteiger partial charge in [-0.2, -0.15) is 23.3 Å². The van der Waals surface area contributed by atoms with Crippen molar-refractivity contribution >= 4 is 11.6 Å². The number of hydrogen-bond donors (Lipinski definition) is 1. The van der Waals surface area contributed by atoms with Crippen molar-refractivity contribution < 1.29 is 23.1 Å². The van der Waals surface area contributed by atoms with Crippen molar-refractivity contribution in [2.45, 2.75) is 37.6 Å². The molecule has 2 aromatic rings. The molecule has 2 aromatic carbocycles. The molecule has 0 radical (unpaired) electrons. The van der Waals surface area contributed by atoms with E-state index in [-0.39, 0.29) is 17.1 Å². The zero-order chi connectivity index (χ0) is 19.5. The van der Waals surface area contributed by atoms with E-state index in [4.69, 9.17) is 0 Å². The molecule has 0 fully saturated rings. The highest BCUT2D eigenvalue weighted by Crippen LogP contribution is 2.41. The first kappa shape index (κ1) is 19.1. The molecule has 0 aromatic heterocycles. The fourth-order valence-corrected chi connectivity index (χ4v) is 3.01. The zero-order valence-corrected chi connectivity index (χ0v) is 14.5. The minimum atomic E-state index is -5.01. The zero-order valence-electron chi connectivity index (χ0n) is 14.5. The number of aliphatic hydroxyl groups is 1. The number of hydrogen-bond acceptors (Lipinski definition) is 3. The summed E-state index contributed by atoms with van der Waals surface area (Å²) in [5.74, 6) is -0.850. The first-order chi connectivity index (χ1) is 12.8. The Labute approximate surface area is 154 Å². The topological polar surface area (TPSA) is 52.9 Å². The molecule has 0 saturated heterocycles. The lowest BCUT2D eigenvalue weighted by molar-refractivity contribution is -0.302. The molecule has 1 aliphatic heterocycles. The number of amides is 1. The van der Waals surface area contributed by atoms with Crippen LogP contribution < -0.4 is 0 Å². The summed E-state index contributed by atoms with van der Waals surface area (Å²) in [5, 5.41) is 14.3. The van der Waals surface area contributed by atoms with Crippen LogP contribution in [0.2, 0.25) is 0 Å². The summed E-state index contributed by atoms with van der Waals surface area (Å²) in [6, 6.07) is 17.6. The standard InChI is InChI=1S/C20H19F3N2O2/c21-20(22,23)19(27)14-17(16-11-5-2-6-12-16)24-25(19)18(26)13-7-10-15-8-3-1-4-9-15/h1-6,8-9,11-12,27H,7,10,13-14H2/t19-/m1/s1. The van der Waals surface area contributed by atoms with Gasteiger partial charge in [0.05, 0.1) is 12.1 Å². The van der Waals surface area contributed by atoms with Gasteiger partial charge in [-0.3, -0.25) is 4.79 Å². The SMILES string of the molecule is O=C(CCCc1ccccc1)N1N=C(c2ccccc2)C[C@@]1(O)C(F)(F)F. The molecule has 4 nitrogen and oxygen atoms in total. The summed E-state index contributed by atoms with van der Waals surface area (Å²) >= 11 is 0. The molecule has 142 valence electrons. The van der Waals surface area contributed by atoms with Crippen LogP contribution in [-0.2, 0) is 11.2 Å². The average Bonchev–Trinajstić information content (AvgIpc) is 3.02. The van der Waals surface area contributed by atoms with Gasteiger partial charge in [-0.25, -0.2) is 0 Å². The van der Waals surface area contributed by atoms with Gasteiger partial charge < -0.3 is 5.11 Å². The molecule has 1 atom stereocenters. The molecule has 27 heavy (non-hydrogen) atoms. The predicted molar refractivity (Wildman–Crippen MR) is 94.8 cm³/mol. The van der Waals surface area contributed by atoms with Crippen molar-refractivity contribution in [1.29, 1.82) is 0 Å². The van der Waals surface area contributed by atoms with Crippen LogP contribution in [0.1, 0.15) is 30.4 Å². The first-order valence-electron chi connectivity index (χ1n) is 8.60. The second-order valence-electron chi connectivity index (χ2n) is 6.45. The van der Waals surface area contributed by atoms with Crippen LogP contribution in [-0.4, -0.2) is 33.6 Å². The Bertz CT molecular complexity index is 822. The Kier molecular flexibility index (Phi) is 5.32. The summed E-state index contributed by atoms with van der Waals surface area (Å²) in [5.41, 5.74) is -1.85. The highest BCUT2D eigenvalue weighted by molar-refractivity contribution is 6.03. The summed E-state index contributed by atoms with van der Waals surface area (Å²) < 4.78 is 40.5. The van der Waals surface area contributed by atoms with Gasteiger partial charge in [0.25, 0.3) is 5.72 Å². The van der Waals surface area contributed by atoms with Crippen LogP contribution >= 0.6 is 0 Å². The number of carbonyl (C=O) groups excluding carboxylic acids is 1. The van der Waals surface area contributed by atoms with Gasteiger partial charge in [0, 0.05) is 6.42 Å². The molecular formula is C20H19F3N2O2. The van der Waals surface area contributed by atoms with E-state index in [2.05, 4.69) is 5.10 Å². The lowest BCUT2D eigenvalue weighted by Crippen LogP contribution is -2.56. The maximum atomic E-state index is 13.5. The molecular weight excluding hydrogens is 357 g/mol. The largest absolute Gasteiger partial charge is 0.438 e. The van der Waals surface area contributed by atoms with Crippen molar-refractivity contribution in [1.82, 2.24) is 5.01 Å². The van der Waals surface area contributed by atoms with Gasteiger partial charge in [-0.05, 0) is 24.0 Å². The fraction of sp³-hybridized carbons (Fsp3) is 0.300. The van der Waals surface area contributed by atoms with E-state index in [1.807, 2.05) is 30.3 Å². The van der Waals surface area contributed by atoms with Gasteiger partial charge in [0.2, 0.25) is 5.91 Å². The first-order valence-corrected chi connectivity index (χ1v) is 8.60. The third-order valence-corrected chi connectivity index (χ3v) is 4.48. The molecule has 0 aliphatic carbocycles. The van der Waals surface area contributed by atoms with E-state index < -0.39 is 24.2 Å². The molecule has 7 heteroatoms. The highest BCUT2D eigenvalue weighted by atomic mass is 19.4.